The number of anilines is 2. The van der Waals surface area contributed by atoms with E-state index in [1.165, 1.54) is 19.2 Å². The lowest BCUT2D eigenvalue weighted by atomic mass is 10.1. The van der Waals surface area contributed by atoms with Gasteiger partial charge in [-0.05, 0) is 42.5 Å². The normalized spacial score (nSPS) is 12.3. The summed E-state index contributed by atoms with van der Waals surface area (Å²) in [6.45, 7) is 0.371. The second-order valence-corrected chi connectivity index (χ2v) is 6.86. The van der Waals surface area contributed by atoms with Gasteiger partial charge in [-0.15, -0.1) is 0 Å². The van der Waals surface area contributed by atoms with Crippen LogP contribution in [0.1, 0.15) is 15.9 Å². The van der Waals surface area contributed by atoms with E-state index in [2.05, 4.69) is 5.32 Å². The monoisotopic (exact) mass is 442 g/mol. The Hall–Kier alpha value is -3.76. The number of amides is 1. The molecule has 170 valence electrons. The molecule has 0 aliphatic carbocycles. The van der Waals surface area contributed by atoms with Crippen LogP contribution in [0.15, 0.2) is 48.5 Å². The molecular weight excluding hydrogens is 416 g/mol. The van der Waals surface area contributed by atoms with Crippen molar-refractivity contribution in [1.82, 2.24) is 0 Å². The van der Waals surface area contributed by atoms with E-state index in [-0.39, 0.29) is 12.4 Å². The zero-order valence-corrected chi connectivity index (χ0v) is 17.8. The van der Waals surface area contributed by atoms with Crippen molar-refractivity contribution in [3.05, 3.63) is 59.7 Å². The van der Waals surface area contributed by atoms with Crippen LogP contribution < -0.4 is 16.0 Å². The Morgan fingerprint density at radius 1 is 1.22 bits per heavy atom. The molecule has 1 unspecified atom stereocenters. The van der Waals surface area contributed by atoms with Crippen molar-refractivity contribution in [2.45, 2.75) is 12.2 Å². The molecule has 10 heteroatoms. The minimum Gasteiger partial charge on any atom is -0.465 e. The molecule has 0 saturated heterocycles. The van der Waals surface area contributed by atoms with Gasteiger partial charge in [-0.2, -0.15) is 0 Å². The topological polar surface area (TPSA) is 155 Å². The number of carbonyl (C=O) groups is 3. The molecule has 2 atom stereocenters. The maximum Gasteiger partial charge on any atom is 0.337 e. The van der Waals surface area contributed by atoms with Crippen molar-refractivity contribution < 1.29 is 29.0 Å². The first-order valence-corrected chi connectivity index (χ1v) is 9.66. The maximum absolute atomic E-state index is 12.3. The fraction of sp³-hybridized carbons (Fsp3) is 0.273. The lowest BCUT2D eigenvalue weighted by Crippen LogP contribution is -2.41. The van der Waals surface area contributed by atoms with E-state index < -0.39 is 24.1 Å². The van der Waals surface area contributed by atoms with E-state index >= 15 is 0 Å². The second kappa shape index (κ2) is 11.6. The van der Waals surface area contributed by atoms with Crippen LogP contribution in [-0.4, -0.2) is 68.6 Å². The van der Waals surface area contributed by atoms with Gasteiger partial charge in [0.05, 0.1) is 19.3 Å². The molecule has 0 fully saturated rings. The van der Waals surface area contributed by atoms with E-state index in [0.717, 1.165) is 5.69 Å². The van der Waals surface area contributed by atoms with Crippen LogP contribution in [0, 0.1) is 5.41 Å². The van der Waals surface area contributed by atoms with Crippen molar-refractivity contribution in [2.24, 2.45) is 5.73 Å². The molecule has 2 rings (SSSR count). The summed E-state index contributed by atoms with van der Waals surface area (Å²) in [7, 11) is 3.07. The highest BCUT2D eigenvalue weighted by Gasteiger charge is 2.27. The summed E-state index contributed by atoms with van der Waals surface area (Å²) < 4.78 is 10.1. The van der Waals surface area contributed by atoms with E-state index in [9.17, 15) is 19.5 Å². The van der Waals surface area contributed by atoms with Gasteiger partial charge in [0.25, 0.3) is 5.91 Å². The molecular formula is C22H26N4O6. The smallest absolute Gasteiger partial charge is 0.337 e. The molecule has 0 saturated carbocycles. The van der Waals surface area contributed by atoms with Crippen molar-refractivity contribution in [1.29, 1.82) is 5.41 Å². The molecule has 0 aliphatic heterocycles. The lowest BCUT2D eigenvalue weighted by molar-refractivity contribution is -0.139. The summed E-state index contributed by atoms with van der Waals surface area (Å²) in [5, 5.41) is 20.0. The lowest BCUT2D eigenvalue weighted by Gasteiger charge is -2.22. The molecule has 10 nitrogen and oxygen atoms in total. The Balaban J connectivity index is 1.89. The third kappa shape index (κ3) is 6.62. The number of nitrogens with two attached hydrogens (primary N) is 1. The number of likely N-dealkylation sites (N-methyl/N-ethyl adjacent to an activating group) is 1. The average Bonchev–Trinajstić information content (AvgIpc) is 2.81. The number of nitrogen functional groups attached to an aromatic ring is 1. The number of ether oxygens (including phenoxy) is 2. The number of benzene rings is 2. The molecule has 2 aromatic rings. The molecule has 0 bridgehead atoms. The summed E-state index contributed by atoms with van der Waals surface area (Å²) in [6.07, 6.45) is -2.71. The number of esters is 1. The Kier molecular flexibility index (Phi) is 8.87. The first kappa shape index (κ1) is 24.5. The molecule has 2 aromatic carbocycles. The number of rotatable bonds is 11. The molecule has 32 heavy (non-hydrogen) atoms. The molecule has 0 heterocycles. The Morgan fingerprint density at radius 3 is 2.50 bits per heavy atom. The molecule has 5 N–H and O–H groups in total. The van der Waals surface area contributed by atoms with Gasteiger partial charge in [0, 0.05) is 30.5 Å². The van der Waals surface area contributed by atoms with Crippen molar-refractivity contribution in [2.75, 3.05) is 37.5 Å². The van der Waals surface area contributed by atoms with Crippen molar-refractivity contribution >= 4 is 35.4 Å². The van der Waals surface area contributed by atoms with Gasteiger partial charge >= 0.3 is 5.97 Å². The average molecular weight is 442 g/mol. The first-order valence-electron chi connectivity index (χ1n) is 9.66. The number of aliphatic hydroxyl groups excluding tert-OH is 1. The zero-order chi connectivity index (χ0) is 23.7. The van der Waals surface area contributed by atoms with Crippen LogP contribution in [0.3, 0.4) is 0 Å². The number of nitrogens with one attached hydrogen (secondary N) is 2. The highest BCUT2D eigenvalue weighted by Crippen LogP contribution is 2.16. The van der Waals surface area contributed by atoms with Crippen LogP contribution in [0.25, 0.3) is 0 Å². The van der Waals surface area contributed by atoms with Crippen molar-refractivity contribution in [3.8, 4) is 0 Å². The maximum atomic E-state index is 12.3. The number of hydrogen-bond acceptors (Lipinski definition) is 8. The number of methoxy groups -OCH3 is 1. The second-order valence-electron chi connectivity index (χ2n) is 6.86. The number of aldehydes is 1. The summed E-state index contributed by atoms with van der Waals surface area (Å²) >= 11 is 0. The minimum atomic E-state index is -1.71. The van der Waals surface area contributed by atoms with E-state index in [1.54, 1.807) is 48.3 Å². The summed E-state index contributed by atoms with van der Waals surface area (Å²) in [6, 6.07) is 12.9. The third-order valence-electron chi connectivity index (χ3n) is 4.62. The standard InChI is InChI=1S/C22H26N4O6/c1-26(17-5-3-4-15(12-17)22(30)31-2)10-11-32-18(13-27)19(28)21(29)25-16-8-6-14(7-9-16)20(23)24/h3-9,12-13,18-19,28H,10-11H2,1-2H3,(H3,23,24)(H,25,29)/t18-,19?/m0/s1. The number of nitrogens with zero attached hydrogens (tertiary/aromatic N) is 1. The fourth-order valence-corrected chi connectivity index (χ4v) is 2.75. The number of hydrogen-bond donors (Lipinski definition) is 4. The summed E-state index contributed by atoms with van der Waals surface area (Å²) in [5.41, 5.74) is 7.36. The van der Waals surface area contributed by atoms with Gasteiger partial charge in [0.15, 0.2) is 12.4 Å². The van der Waals surface area contributed by atoms with Gasteiger partial charge in [-0.3, -0.25) is 10.2 Å². The SMILES string of the molecule is COC(=O)c1cccc(N(C)CCO[C@@H](C=O)C(O)C(=O)Nc2ccc(C(=N)N)cc2)c1. The minimum absolute atomic E-state index is 0.0417. The highest BCUT2D eigenvalue weighted by atomic mass is 16.5. The predicted octanol–water partition coefficient (Wildman–Crippen LogP) is 0.777. The van der Waals surface area contributed by atoms with E-state index in [4.69, 9.17) is 20.6 Å². The zero-order valence-electron chi connectivity index (χ0n) is 17.8. The van der Waals surface area contributed by atoms with Crippen molar-refractivity contribution in [3.63, 3.8) is 0 Å². The van der Waals surface area contributed by atoms with Gasteiger partial charge in [0.2, 0.25) is 0 Å². The van der Waals surface area contributed by atoms with E-state index in [0.29, 0.717) is 29.6 Å². The van der Waals surface area contributed by atoms with Crippen LogP contribution in [0.2, 0.25) is 0 Å². The Bertz CT molecular complexity index is 963. The van der Waals surface area contributed by atoms with Crippen LogP contribution >= 0.6 is 0 Å². The molecule has 1 amide bonds. The number of amidine groups is 1. The molecule has 0 spiro atoms. The van der Waals surface area contributed by atoms with Gasteiger partial charge in [0.1, 0.15) is 11.9 Å². The van der Waals surface area contributed by atoms with Gasteiger partial charge < -0.3 is 35.3 Å². The number of aliphatic hydroxyl groups is 1. The van der Waals surface area contributed by atoms with Gasteiger partial charge in [-0.1, -0.05) is 6.07 Å². The highest BCUT2D eigenvalue weighted by molar-refractivity contribution is 5.98. The third-order valence-corrected chi connectivity index (χ3v) is 4.62. The van der Waals surface area contributed by atoms with Crippen LogP contribution in [0.4, 0.5) is 11.4 Å². The first-order chi connectivity index (χ1) is 15.3. The van der Waals surface area contributed by atoms with Gasteiger partial charge in [-0.25, -0.2) is 4.79 Å². The largest absolute Gasteiger partial charge is 0.465 e. The predicted molar refractivity (Wildman–Crippen MR) is 119 cm³/mol. The van der Waals surface area contributed by atoms with E-state index in [1.807, 2.05) is 0 Å². The quantitative estimate of drug-likeness (QED) is 0.172. The molecule has 0 radical (unpaired) electrons. The summed E-state index contributed by atoms with van der Waals surface area (Å²) in [4.78, 5) is 37.1. The fourth-order valence-electron chi connectivity index (χ4n) is 2.75. The Morgan fingerprint density at radius 2 is 1.91 bits per heavy atom. The molecule has 0 aliphatic rings. The van der Waals surface area contributed by atoms with Crippen LogP contribution in [0.5, 0.6) is 0 Å². The molecule has 0 aromatic heterocycles. The summed E-state index contributed by atoms with van der Waals surface area (Å²) in [5.74, 6) is -1.38. The van der Waals surface area contributed by atoms with Crippen LogP contribution in [-0.2, 0) is 19.1 Å². The Labute approximate surface area is 185 Å². The number of carbonyl (C=O) groups excluding carboxylic acids is 3.